The fraction of sp³-hybridized carbons (Fsp3) is 0.533. The molecule has 1 aromatic carbocycles. The molecule has 0 aliphatic carbocycles. The molecule has 0 saturated carbocycles. The Morgan fingerprint density at radius 2 is 2.12 bits per heavy atom. The number of Topliss-reactive ketones (excluding diaryl/α,β-unsaturated/α-hetero) is 1. The van der Waals surface area contributed by atoms with Gasteiger partial charge in [-0.05, 0) is 48.9 Å². The summed E-state index contributed by atoms with van der Waals surface area (Å²) in [6, 6.07) is 5.43. The predicted octanol–water partition coefficient (Wildman–Crippen LogP) is 3.64. The number of carbonyl (C=O) groups excluding carboxylic acids is 1. The van der Waals surface area contributed by atoms with Gasteiger partial charge in [0.25, 0.3) is 0 Å². The number of rotatable bonds is 6. The molecule has 2 heteroatoms. The summed E-state index contributed by atoms with van der Waals surface area (Å²) in [7, 11) is 0. The van der Waals surface area contributed by atoms with Crippen molar-refractivity contribution in [1.82, 2.24) is 0 Å². The molecular weight excluding hydrogens is 212 g/mol. The number of phenols is 1. The van der Waals surface area contributed by atoms with E-state index in [2.05, 4.69) is 6.92 Å². The van der Waals surface area contributed by atoms with Gasteiger partial charge in [-0.2, -0.15) is 0 Å². The van der Waals surface area contributed by atoms with Gasteiger partial charge >= 0.3 is 0 Å². The zero-order valence-electron chi connectivity index (χ0n) is 11.0. The molecule has 1 aromatic rings. The van der Waals surface area contributed by atoms with Crippen molar-refractivity contribution in [1.29, 1.82) is 0 Å². The molecule has 0 radical (unpaired) electrons. The third kappa shape index (κ3) is 4.59. The average molecular weight is 234 g/mol. The van der Waals surface area contributed by atoms with Crippen LogP contribution in [0.5, 0.6) is 5.75 Å². The fourth-order valence-electron chi connectivity index (χ4n) is 2.13. The van der Waals surface area contributed by atoms with Gasteiger partial charge in [0.2, 0.25) is 0 Å². The van der Waals surface area contributed by atoms with Crippen molar-refractivity contribution >= 4 is 5.78 Å². The highest BCUT2D eigenvalue weighted by atomic mass is 16.3. The van der Waals surface area contributed by atoms with Crippen LogP contribution in [-0.4, -0.2) is 10.9 Å². The fourth-order valence-corrected chi connectivity index (χ4v) is 2.13. The predicted molar refractivity (Wildman–Crippen MR) is 70.2 cm³/mol. The Kier molecular flexibility index (Phi) is 5.20. The van der Waals surface area contributed by atoms with E-state index in [0.717, 1.165) is 18.4 Å². The molecule has 1 atom stereocenters. The van der Waals surface area contributed by atoms with E-state index in [1.165, 1.54) is 5.56 Å². The van der Waals surface area contributed by atoms with Crippen LogP contribution < -0.4 is 0 Å². The minimum atomic E-state index is 0.306. The van der Waals surface area contributed by atoms with E-state index >= 15 is 0 Å². The number of benzene rings is 1. The van der Waals surface area contributed by atoms with Crippen molar-refractivity contribution in [2.75, 3.05) is 0 Å². The van der Waals surface area contributed by atoms with Crippen LogP contribution in [0, 0.1) is 12.8 Å². The number of aromatic hydroxyl groups is 1. The van der Waals surface area contributed by atoms with Crippen molar-refractivity contribution < 1.29 is 9.90 Å². The van der Waals surface area contributed by atoms with E-state index in [4.69, 9.17) is 0 Å². The van der Waals surface area contributed by atoms with Gasteiger partial charge in [-0.25, -0.2) is 0 Å². The Labute approximate surface area is 104 Å². The molecule has 0 heterocycles. The highest BCUT2D eigenvalue weighted by Crippen LogP contribution is 2.20. The van der Waals surface area contributed by atoms with Gasteiger partial charge in [0.15, 0.2) is 0 Å². The van der Waals surface area contributed by atoms with Gasteiger partial charge in [-0.1, -0.05) is 19.9 Å². The molecule has 17 heavy (non-hydrogen) atoms. The second-order valence-electron chi connectivity index (χ2n) is 4.91. The van der Waals surface area contributed by atoms with Gasteiger partial charge in [0, 0.05) is 12.8 Å². The lowest BCUT2D eigenvalue weighted by Gasteiger charge is -2.12. The van der Waals surface area contributed by atoms with Crippen molar-refractivity contribution in [3.63, 3.8) is 0 Å². The Balaban J connectivity index is 2.55. The lowest BCUT2D eigenvalue weighted by Crippen LogP contribution is -2.08. The maximum absolute atomic E-state index is 11.5. The monoisotopic (exact) mass is 234 g/mol. The van der Waals surface area contributed by atoms with Crippen LogP contribution in [0.1, 0.15) is 44.2 Å². The Hall–Kier alpha value is -1.31. The first-order valence-electron chi connectivity index (χ1n) is 6.33. The Morgan fingerprint density at radius 3 is 2.71 bits per heavy atom. The summed E-state index contributed by atoms with van der Waals surface area (Å²) in [4.78, 5) is 11.5. The topological polar surface area (TPSA) is 37.3 Å². The quantitative estimate of drug-likeness (QED) is 0.816. The minimum Gasteiger partial charge on any atom is -0.508 e. The summed E-state index contributed by atoms with van der Waals surface area (Å²) >= 11 is 0. The van der Waals surface area contributed by atoms with Gasteiger partial charge in [-0.15, -0.1) is 0 Å². The zero-order chi connectivity index (χ0) is 12.8. The van der Waals surface area contributed by atoms with Crippen molar-refractivity contribution in [3.8, 4) is 5.75 Å². The van der Waals surface area contributed by atoms with Gasteiger partial charge in [0.1, 0.15) is 11.5 Å². The Morgan fingerprint density at radius 1 is 1.41 bits per heavy atom. The molecule has 0 bridgehead atoms. The molecule has 0 spiro atoms. The van der Waals surface area contributed by atoms with Crippen LogP contribution in [0.25, 0.3) is 0 Å². The molecule has 0 aliphatic rings. The standard InChI is InChI=1S/C15H22O2/c1-4-5-14(16)9-11(2)8-13-6-7-15(17)10-12(13)3/h6-7,10-11,17H,4-5,8-9H2,1-3H3. The van der Waals surface area contributed by atoms with E-state index in [9.17, 15) is 9.90 Å². The molecule has 0 aromatic heterocycles. The SMILES string of the molecule is CCCC(=O)CC(C)Cc1ccc(O)cc1C. The second kappa shape index (κ2) is 6.43. The lowest BCUT2D eigenvalue weighted by molar-refractivity contribution is -0.119. The van der Waals surface area contributed by atoms with Gasteiger partial charge < -0.3 is 5.11 Å². The third-order valence-corrected chi connectivity index (χ3v) is 3.00. The van der Waals surface area contributed by atoms with Gasteiger partial charge in [0.05, 0.1) is 0 Å². The van der Waals surface area contributed by atoms with Crippen LogP contribution in [0.3, 0.4) is 0 Å². The van der Waals surface area contributed by atoms with E-state index < -0.39 is 0 Å². The van der Waals surface area contributed by atoms with E-state index in [-0.39, 0.29) is 0 Å². The third-order valence-electron chi connectivity index (χ3n) is 3.00. The zero-order valence-corrected chi connectivity index (χ0v) is 11.0. The summed E-state index contributed by atoms with van der Waals surface area (Å²) in [5.74, 6) is 1.04. The molecule has 1 rings (SSSR count). The molecule has 0 fully saturated rings. The van der Waals surface area contributed by atoms with Crippen molar-refractivity contribution in [2.24, 2.45) is 5.92 Å². The molecule has 1 N–H and O–H groups in total. The summed E-state index contributed by atoms with van der Waals surface area (Å²) in [6.07, 6.45) is 3.19. The summed E-state index contributed by atoms with van der Waals surface area (Å²) in [5.41, 5.74) is 2.32. The lowest BCUT2D eigenvalue weighted by atomic mass is 9.92. The largest absolute Gasteiger partial charge is 0.508 e. The number of hydrogen-bond donors (Lipinski definition) is 1. The maximum Gasteiger partial charge on any atom is 0.133 e. The van der Waals surface area contributed by atoms with E-state index in [1.54, 1.807) is 12.1 Å². The van der Waals surface area contributed by atoms with Crippen LogP contribution in [0.15, 0.2) is 18.2 Å². The second-order valence-corrected chi connectivity index (χ2v) is 4.91. The molecule has 94 valence electrons. The molecule has 2 nitrogen and oxygen atoms in total. The summed E-state index contributed by atoms with van der Waals surface area (Å²) in [5, 5.41) is 9.33. The average Bonchev–Trinajstić information content (AvgIpc) is 2.22. The van der Waals surface area contributed by atoms with Crippen LogP contribution >= 0.6 is 0 Å². The molecule has 0 amide bonds. The normalized spacial score (nSPS) is 12.4. The highest BCUT2D eigenvalue weighted by Gasteiger charge is 2.10. The molecule has 0 aliphatic heterocycles. The van der Waals surface area contributed by atoms with Crippen LogP contribution in [0.4, 0.5) is 0 Å². The molecular formula is C15H22O2. The number of ketones is 1. The van der Waals surface area contributed by atoms with Gasteiger partial charge in [-0.3, -0.25) is 4.79 Å². The molecule has 1 unspecified atom stereocenters. The first kappa shape index (κ1) is 13.8. The van der Waals surface area contributed by atoms with Crippen molar-refractivity contribution in [3.05, 3.63) is 29.3 Å². The smallest absolute Gasteiger partial charge is 0.133 e. The van der Waals surface area contributed by atoms with Crippen molar-refractivity contribution in [2.45, 2.75) is 46.5 Å². The first-order valence-corrected chi connectivity index (χ1v) is 6.33. The summed E-state index contributed by atoms with van der Waals surface area (Å²) < 4.78 is 0. The number of carbonyl (C=O) groups is 1. The Bertz CT molecular complexity index is 383. The number of aryl methyl sites for hydroxylation is 1. The maximum atomic E-state index is 11.5. The summed E-state index contributed by atoms with van der Waals surface area (Å²) in [6.45, 7) is 6.14. The minimum absolute atomic E-state index is 0.306. The van der Waals surface area contributed by atoms with E-state index in [1.807, 2.05) is 19.9 Å². The van der Waals surface area contributed by atoms with Crippen LogP contribution in [0.2, 0.25) is 0 Å². The van der Waals surface area contributed by atoms with Crippen LogP contribution in [-0.2, 0) is 11.2 Å². The number of phenolic OH excluding ortho intramolecular Hbond substituents is 1. The first-order chi connectivity index (χ1) is 8.02. The molecule has 0 saturated heterocycles. The highest BCUT2D eigenvalue weighted by molar-refractivity contribution is 5.78. The van der Waals surface area contributed by atoms with E-state index in [0.29, 0.717) is 30.3 Å². The number of hydrogen-bond acceptors (Lipinski definition) is 2.